The van der Waals surface area contributed by atoms with E-state index in [1.807, 2.05) is 6.07 Å². The van der Waals surface area contributed by atoms with E-state index in [4.69, 9.17) is 0 Å². The number of aromatic carboxylic acids is 1. The van der Waals surface area contributed by atoms with Crippen LogP contribution in [0.4, 0.5) is 11.5 Å². The molecule has 34 heavy (non-hydrogen) atoms. The number of anilines is 2. The number of benzene rings is 2. The van der Waals surface area contributed by atoms with Crippen LogP contribution in [0.25, 0.3) is 0 Å². The topological polar surface area (TPSA) is 121 Å². The van der Waals surface area contributed by atoms with Gasteiger partial charge in [0, 0.05) is 23.4 Å². The Hall–Kier alpha value is -3.72. The molecule has 1 aliphatic carbocycles. The molecule has 3 N–H and O–H groups in total. The monoisotopic (exact) mass is 476 g/mol. The minimum Gasteiger partial charge on any atom is -0.478 e. The molecule has 2 aromatic carbocycles. The van der Waals surface area contributed by atoms with Gasteiger partial charge in [0.1, 0.15) is 11.6 Å². The molecule has 174 valence electrons. The van der Waals surface area contributed by atoms with E-state index in [0.717, 1.165) is 23.2 Å². The Balaban J connectivity index is 1.49. The first-order valence-corrected chi connectivity index (χ1v) is 12.4. The molecule has 0 fully saturated rings. The standard InChI is InChI=1S/C25H24N4O4S/c1-14-11-23(27-15(2)26-14)29-34(32,33)18-9-10-22-21(13-18)19-7-4-8-20(19)24(28-22)16-5-3-6-17(12-16)25(30)31/h3-7,9-13,19-20,24,28H,8H2,1-2H3,(H,30,31)(H,26,27,29)/t19-,20+,24+/m1/s1. The van der Waals surface area contributed by atoms with Crippen LogP contribution < -0.4 is 10.0 Å². The maximum Gasteiger partial charge on any atom is 0.335 e. The Kier molecular flexibility index (Phi) is 5.36. The largest absolute Gasteiger partial charge is 0.478 e. The number of hydrogen-bond donors (Lipinski definition) is 3. The number of hydrogen-bond acceptors (Lipinski definition) is 6. The lowest BCUT2D eigenvalue weighted by atomic mass is 9.77. The van der Waals surface area contributed by atoms with Crippen LogP contribution >= 0.6 is 0 Å². The highest BCUT2D eigenvalue weighted by Gasteiger charge is 2.38. The molecular formula is C25H24N4O4S. The van der Waals surface area contributed by atoms with Gasteiger partial charge in [0.15, 0.2) is 0 Å². The molecule has 0 saturated carbocycles. The number of nitrogens with zero attached hydrogens (tertiary/aromatic N) is 2. The second-order valence-corrected chi connectivity index (χ2v) is 10.4. The van der Waals surface area contributed by atoms with Crippen molar-refractivity contribution >= 4 is 27.5 Å². The van der Waals surface area contributed by atoms with Crippen molar-refractivity contribution in [2.75, 3.05) is 10.0 Å². The van der Waals surface area contributed by atoms with Crippen molar-refractivity contribution in [3.63, 3.8) is 0 Å². The van der Waals surface area contributed by atoms with Crippen molar-refractivity contribution in [3.05, 3.63) is 88.9 Å². The number of aromatic nitrogens is 2. The van der Waals surface area contributed by atoms with Gasteiger partial charge in [-0.05, 0) is 67.6 Å². The van der Waals surface area contributed by atoms with Crippen molar-refractivity contribution in [2.24, 2.45) is 5.92 Å². The molecule has 0 bridgehead atoms. The summed E-state index contributed by atoms with van der Waals surface area (Å²) < 4.78 is 28.8. The van der Waals surface area contributed by atoms with E-state index in [9.17, 15) is 18.3 Å². The maximum absolute atomic E-state index is 13.1. The summed E-state index contributed by atoms with van der Waals surface area (Å²) in [6.07, 6.45) is 5.03. The Morgan fingerprint density at radius 3 is 2.71 bits per heavy atom. The lowest BCUT2D eigenvalue weighted by Gasteiger charge is -2.37. The molecular weight excluding hydrogens is 452 g/mol. The molecule has 3 aromatic rings. The second-order valence-electron chi connectivity index (χ2n) is 8.70. The number of allylic oxidation sites excluding steroid dienone is 2. The molecule has 2 aliphatic rings. The zero-order valence-electron chi connectivity index (χ0n) is 18.7. The van der Waals surface area contributed by atoms with Gasteiger partial charge in [-0.2, -0.15) is 0 Å². The van der Waals surface area contributed by atoms with Gasteiger partial charge >= 0.3 is 5.97 Å². The zero-order chi connectivity index (χ0) is 24.0. The Morgan fingerprint density at radius 1 is 1.12 bits per heavy atom. The van der Waals surface area contributed by atoms with Crippen LogP contribution in [0.2, 0.25) is 0 Å². The van der Waals surface area contributed by atoms with Gasteiger partial charge in [0.05, 0.1) is 16.5 Å². The minimum atomic E-state index is -3.85. The number of nitrogens with one attached hydrogen (secondary N) is 2. The van der Waals surface area contributed by atoms with E-state index in [2.05, 4.69) is 32.2 Å². The van der Waals surface area contributed by atoms with E-state index >= 15 is 0 Å². The van der Waals surface area contributed by atoms with Gasteiger partial charge in [-0.1, -0.05) is 24.3 Å². The molecule has 8 nitrogen and oxygen atoms in total. The van der Waals surface area contributed by atoms with Crippen LogP contribution in [0.15, 0.2) is 65.6 Å². The summed E-state index contributed by atoms with van der Waals surface area (Å²) in [6.45, 7) is 3.50. The van der Waals surface area contributed by atoms with E-state index in [1.165, 1.54) is 0 Å². The van der Waals surface area contributed by atoms with Crippen LogP contribution in [0.1, 0.15) is 51.4 Å². The summed E-state index contributed by atoms with van der Waals surface area (Å²) >= 11 is 0. The SMILES string of the molecule is Cc1cc(NS(=O)(=O)c2ccc3c(c2)[C@@H]2C=CC[C@@H]2[C@H](c2cccc(C(=O)O)c2)N3)nc(C)n1. The fourth-order valence-corrected chi connectivity index (χ4v) is 5.93. The molecule has 1 aliphatic heterocycles. The van der Waals surface area contributed by atoms with Crippen molar-refractivity contribution < 1.29 is 18.3 Å². The Labute approximate surface area is 197 Å². The summed E-state index contributed by atoms with van der Waals surface area (Å²) in [4.78, 5) is 20.0. The van der Waals surface area contributed by atoms with Gasteiger partial charge in [-0.3, -0.25) is 4.72 Å². The minimum absolute atomic E-state index is 0.0217. The molecule has 0 saturated heterocycles. The van der Waals surface area contributed by atoms with Crippen molar-refractivity contribution in [1.82, 2.24) is 9.97 Å². The Bertz CT molecular complexity index is 1410. The lowest BCUT2D eigenvalue weighted by Crippen LogP contribution is -2.29. The Morgan fingerprint density at radius 2 is 1.94 bits per heavy atom. The first kappa shape index (κ1) is 22.1. The van der Waals surface area contributed by atoms with Gasteiger partial charge in [0.2, 0.25) is 0 Å². The smallest absolute Gasteiger partial charge is 0.335 e. The third-order valence-corrected chi connectivity index (χ3v) is 7.69. The number of sulfonamides is 1. The first-order valence-electron chi connectivity index (χ1n) is 11.0. The lowest BCUT2D eigenvalue weighted by molar-refractivity contribution is 0.0696. The van der Waals surface area contributed by atoms with Crippen LogP contribution in [-0.2, 0) is 10.0 Å². The quantitative estimate of drug-likeness (QED) is 0.466. The fraction of sp³-hybridized carbons (Fsp3) is 0.240. The van der Waals surface area contributed by atoms with Gasteiger partial charge < -0.3 is 10.4 Å². The van der Waals surface area contributed by atoms with E-state index < -0.39 is 16.0 Å². The highest BCUT2D eigenvalue weighted by Crippen LogP contribution is 2.50. The van der Waals surface area contributed by atoms with Crippen LogP contribution in [-0.4, -0.2) is 29.5 Å². The predicted octanol–water partition coefficient (Wildman–Crippen LogP) is 4.42. The molecule has 0 spiro atoms. The number of carboxylic acid groups (broad SMARTS) is 1. The molecule has 0 amide bonds. The number of aryl methyl sites for hydroxylation is 2. The highest BCUT2D eigenvalue weighted by atomic mass is 32.2. The number of rotatable bonds is 5. The normalized spacial score (nSPS) is 20.8. The molecule has 5 rings (SSSR count). The molecule has 2 heterocycles. The van der Waals surface area contributed by atoms with Crippen LogP contribution in [0.5, 0.6) is 0 Å². The van der Waals surface area contributed by atoms with Gasteiger partial charge in [0.25, 0.3) is 10.0 Å². The molecule has 3 atom stereocenters. The molecule has 0 radical (unpaired) electrons. The molecule has 1 aromatic heterocycles. The van der Waals surface area contributed by atoms with Gasteiger partial charge in [-0.15, -0.1) is 0 Å². The van der Waals surface area contributed by atoms with Crippen molar-refractivity contribution in [2.45, 2.75) is 37.1 Å². The van der Waals surface area contributed by atoms with E-state index in [0.29, 0.717) is 11.5 Å². The average Bonchev–Trinajstić information content (AvgIpc) is 3.27. The number of carbonyl (C=O) groups is 1. The van der Waals surface area contributed by atoms with E-state index in [1.54, 1.807) is 56.3 Å². The summed E-state index contributed by atoms with van der Waals surface area (Å²) in [5.74, 6) is -0.0687. The third-order valence-electron chi connectivity index (χ3n) is 6.34. The summed E-state index contributed by atoms with van der Waals surface area (Å²) in [6, 6.07) is 13.5. The number of fused-ring (bicyclic) bond motifs is 3. The predicted molar refractivity (Wildman–Crippen MR) is 129 cm³/mol. The average molecular weight is 477 g/mol. The fourth-order valence-electron chi connectivity index (χ4n) is 4.90. The summed E-state index contributed by atoms with van der Waals surface area (Å²) in [5, 5.41) is 12.9. The van der Waals surface area contributed by atoms with E-state index in [-0.39, 0.29) is 34.2 Å². The summed E-state index contributed by atoms with van der Waals surface area (Å²) in [5.41, 5.74) is 3.57. The van der Waals surface area contributed by atoms with Gasteiger partial charge in [-0.25, -0.2) is 23.2 Å². The van der Waals surface area contributed by atoms with Crippen molar-refractivity contribution in [3.8, 4) is 0 Å². The second kappa shape index (κ2) is 8.25. The maximum atomic E-state index is 13.1. The van der Waals surface area contributed by atoms with Crippen molar-refractivity contribution in [1.29, 1.82) is 0 Å². The number of carboxylic acids is 1. The first-order chi connectivity index (χ1) is 16.2. The van der Waals surface area contributed by atoms with Crippen LogP contribution in [0.3, 0.4) is 0 Å². The summed E-state index contributed by atoms with van der Waals surface area (Å²) in [7, 11) is -3.85. The van der Waals surface area contributed by atoms with Crippen LogP contribution in [0, 0.1) is 19.8 Å². The molecule has 0 unspecified atom stereocenters. The zero-order valence-corrected chi connectivity index (χ0v) is 19.5. The highest BCUT2D eigenvalue weighted by molar-refractivity contribution is 7.92. The third kappa shape index (κ3) is 4.03. The molecule has 9 heteroatoms.